The summed E-state index contributed by atoms with van der Waals surface area (Å²) in [6.45, 7) is 5.80. The van der Waals surface area contributed by atoms with Crippen LogP contribution in [-0.2, 0) is 0 Å². The third-order valence-electron chi connectivity index (χ3n) is 5.13. The fraction of sp³-hybridized carbons (Fsp3) is 0.318. The predicted molar refractivity (Wildman–Crippen MR) is 115 cm³/mol. The van der Waals surface area contributed by atoms with Gasteiger partial charge in [-0.2, -0.15) is 0 Å². The van der Waals surface area contributed by atoms with Crippen LogP contribution in [0.4, 0.5) is 5.69 Å². The van der Waals surface area contributed by atoms with Gasteiger partial charge in [0, 0.05) is 55.6 Å². The van der Waals surface area contributed by atoms with Gasteiger partial charge < -0.3 is 14.6 Å². The van der Waals surface area contributed by atoms with Crippen LogP contribution in [0.3, 0.4) is 0 Å². The molecule has 1 aromatic heterocycles. The van der Waals surface area contributed by atoms with Crippen molar-refractivity contribution in [1.29, 1.82) is 0 Å². The van der Waals surface area contributed by atoms with Crippen molar-refractivity contribution < 1.29 is 4.74 Å². The van der Waals surface area contributed by atoms with Crippen molar-refractivity contribution in [3.63, 3.8) is 0 Å². The van der Waals surface area contributed by atoms with Crippen LogP contribution in [0.15, 0.2) is 59.4 Å². The summed E-state index contributed by atoms with van der Waals surface area (Å²) in [4.78, 5) is 19.1. The van der Waals surface area contributed by atoms with E-state index in [4.69, 9.17) is 16.3 Å². The first-order chi connectivity index (χ1) is 13.7. The molecule has 1 N–H and O–H groups in total. The summed E-state index contributed by atoms with van der Waals surface area (Å²) in [5, 5.41) is 1.79. The monoisotopic (exact) mass is 397 g/mol. The molecule has 2 aromatic carbocycles. The number of nitrogens with one attached hydrogen (secondary N) is 1. The Bertz CT molecular complexity index is 996. The average molecular weight is 398 g/mol. The molecule has 3 aromatic rings. The number of halogens is 1. The Morgan fingerprint density at radius 2 is 1.82 bits per heavy atom. The van der Waals surface area contributed by atoms with E-state index in [9.17, 15) is 4.79 Å². The highest BCUT2D eigenvalue weighted by atomic mass is 35.5. The first-order valence-corrected chi connectivity index (χ1v) is 10.0. The van der Waals surface area contributed by atoms with Crippen LogP contribution in [0.2, 0.25) is 5.02 Å². The van der Waals surface area contributed by atoms with Crippen molar-refractivity contribution in [2.75, 3.05) is 44.2 Å². The number of hydrogen-bond acceptors (Lipinski definition) is 4. The third-order valence-corrected chi connectivity index (χ3v) is 5.37. The van der Waals surface area contributed by atoms with Gasteiger partial charge in [-0.1, -0.05) is 17.7 Å². The molecule has 0 atom stereocenters. The van der Waals surface area contributed by atoms with E-state index in [0.29, 0.717) is 6.61 Å². The number of H-pyrrole nitrogens is 1. The lowest BCUT2D eigenvalue weighted by Crippen LogP contribution is -2.46. The van der Waals surface area contributed by atoms with E-state index in [0.717, 1.165) is 60.8 Å². The highest BCUT2D eigenvalue weighted by Gasteiger charge is 2.16. The molecule has 5 nitrogen and oxygen atoms in total. The number of hydrogen-bond donors (Lipinski definition) is 1. The lowest BCUT2D eigenvalue weighted by atomic mass is 10.2. The number of pyridine rings is 1. The number of aromatic nitrogens is 1. The van der Waals surface area contributed by atoms with Crippen molar-refractivity contribution in [3.05, 3.63) is 70.0 Å². The summed E-state index contributed by atoms with van der Waals surface area (Å²) in [6, 6.07) is 17.2. The maximum Gasteiger partial charge on any atom is 0.248 e. The van der Waals surface area contributed by atoms with Gasteiger partial charge in [0.05, 0.1) is 12.1 Å². The highest BCUT2D eigenvalue weighted by molar-refractivity contribution is 6.30. The lowest BCUT2D eigenvalue weighted by molar-refractivity contribution is 0.225. The molecule has 146 valence electrons. The van der Waals surface area contributed by atoms with Crippen LogP contribution in [0.1, 0.15) is 6.42 Å². The Labute approximate surface area is 169 Å². The molecule has 0 radical (unpaired) electrons. The summed E-state index contributed by atoms with van der Waals surface area (Å²) in [5.74, 6) is 0.792. The number of anilines is 1. The van der Waals surface area contributed by atoms with Gasteiger partial charge in [-0.15, -0.1) is 0 Å². The second kappa shape index (κ2) is 8.67. The molecule has 1 saturated heterocycles. The van der Waals surface area contributed by atoms with Crippen molar-refractivity contribution in [2.24, 2.45) is 0 Å². The minimum Gasteiger partial charge on any atom is -0.493 e. The number of piperazine rings is 1. The number of fused-ring (bicyclic) bond motifs is 1. The molecule has 28 heavy (non-hydrogen) atoms. The van der Waals surface area contributed by atoms with E-state index in [-0.39, 0.29) is 5.56 Å². The Morgan fingerprint density at radius 3 is 2.64 bits per heavy atom. The molecular weight excluding hydrogens is 374 g/mol. The maximum atomic E-state index is 11.4. The summed E-state index contributed by atoms with van der Waals surface area (Å²) in [5.41, 5.74) is 1.91. The van der Waals surface area contributed by atoms with Gasteiger partial charge in [-0.05, 0) is 48.2 Å². The molecule has 0 unspecified atom stereocenters. The quantitative estimate of drug-likeness (QED) is 0.643. The van der Waals surface area contributed by atoms with Crippen LogP contribution in [0, 0.1) is 0 Å². The van der Waals surface area contributed by atoms with Crippen molar-refractivity contribution in [3.8, 4) is 5.75 Å². The SMILES string of the molecule is O=c1ccc2ccc(OCCCN3CCN(c4cccc(Cl)c4)CC3)cc2[nH]1. The number of ether oxygens (including phenoxy) is 1. The topological polar surface area (TPSA) is 48.6 Å². The van der Waals surface area contributed by atoms with E-state index in [1.54, 1.807) is 0 Å². The summed E-state index contributed by atoms with van der Waals surface area (Å²) in [6.07, 6.45) is 0.973. The van der Waals surface area contributed by atoms with Gasteiger partial charge in [0.25, 0.3) is 0 Å². The maximum absolute atomic E-state index is 11.4. The third kappa shape index (κ3) is 4.66. The highest BCUT2D eigenvalue weighted by Crippen LogP contribution is 2.21. The lowest BCUT2D eigenvalue weighted by Gasteiger charge is -2.36. The molecule has 6 heteroatoms. The van der Waals surface area contributed by atoms with Crippen molar-refractivity contribution in [2.45, 2.75) is 6.42 Å². The normalized spacial score (nSPS) is 15.1. The molecule has 0 aliphatic carbocycles. The molecule has 0 saturated carbocycles. The van der Waals surface area contributed by atoms with Crippen LogP contribution in [0.5, 0.6) is 5.75 Å². The zero-order valence-electron chi connectivity index (χ0n) is 15.7. The number of aromatic amines is 1. The zero-order chi connectivity index (χ0) is 19.3. The van der Waals surface area contributed by atoms with Crippen LogP contribution in [0.25, 0.3) is 10.9 Å². The molecule has 2 heterocycles. The molecule has 0 amide bonds. The molecule has 0 bridgehead atoms. The Balaban J connectivity index is 1.21. The van der Waals surface area contributed by atoms with E-state index in [2.05, 4.69) is 20.9 Å². The average Bonchev–Trinajstić information content (AvgIpc) is 2.71. The van der Waals surface area contributed by atoms with Gasteiger partial charge >= 0.3 is 0 Å². The molecular formula is C22H24ClN3O2. The Hall–Kier alpha value is -2.50. The van der Waals surface area contributed by atoms with E-state index >= 15 is 0 Å². The summed E-state index contributed by atoms with van der Waals surface area (Å²) < 4.78 is 5.87. The standard InChI is InChI=1S/C22H24ClN3O2/c23-18-3-1-4-19(15-18)26-12-10-25(11-13-26)9-2-14-28-20-7-5-17-6-8-22(27)24-21(17)16-20/h1,3-8,15-16H,2,9-14H2,(H,24,27). The van der Waals surface area contributed by atoms with Crippen LogP contribution >= 0.6 is 11.6 Å². The molecule has 1 aliphatic rings. The minimum atomic E-state index is -0.0958. The van der Waals surface area contributed by atoms with Gasteiger partial charge in [-0.25, -0.2) is 0 Å². The Morgan fingerprint density at radius 1 is 1.00 bits per heavy atom. The van der Waals surface area contributed by atoms with Crippen molar-refractivity contribution in [1.82, 2.24) is 9.88 Å². The van der Waals surface area contributed by atoms with Gasteiger partial charge in [0.1, 0.15) is 5.75 Å². The molecule has 1 aliphatic heterocycles. The first-order valence-electron chi connectivity index (χ1n) is 9.66. The number of nitrogens with zero attached hydrogens (tertiary/aromatic N) is 2. The first kappa shape index (κ1) is 18.8. The van der Waals surface area contributed by atoms with Gasteiger partial charge in [0.15, 0.2) is 0 Å². The van der Waals surface area contributed by atoms with E-state index < -0.39 is 0 Å². The van der Waals surface area contributed by atoms with Gasteiger partial charge in [0.2, 0.25) is 5.56 Å². The molecule has 4 rings (SSSR count). The largest absolute Gasteiger partial charge is 0.493 e. The van der Waals surface area contributed by atoms with Crippen LogP contribution in [-0.4, -0.2) is 49.2 Å². The summed E-state index contributed by atoms with van der Waals surface area (Å²) >= 11 is 6.10. The zero-order valence-corrected chi connectivity index (χ0v) is 16.5. The van der Waals surface area contributed by atoms with E-state index in [1.807, 2.05) is 42.5 Å². The smallest absolute Gasteiger partial charge is 0.248 e. The number of rotatable bonds is 6. The van der Waals surface area contributed by atoms with Crippen LogP contribution < -0.4 is 15.2 Å². The molecule has 0 spiro atoms. The number of benzene rings is 2. The van der Waals surface area contributed by atoms with Gasteiger partial charge in [-0.3, -0.25) is 9.69 Å². The molecule has 1 fully saturated rings. The van der Waals surface area contributed by atoms with E-state index in [1.165, 1.54) is 11.8 Å². The fourth-order valence-corrected chi connectivity index (χ4v) is 3.78. The second-order valence-electron chi connectivity index (χ2n) is 7.08. The fourth-order valence-electron chi connectivity index (χ4n) is 3.60. The predicted octanol–water partition coefficient (Wildman–Crippen LogP) is 3.77. The minimum absolute atomic E-state index is 0.0958. The van der Waals surface area contributed by atoms with Crippen molar-refractivity contribution >= 4 is 28.2 Å². The summed E-state index contributed by atoms with van der Waals surface area (Å²) in [7, 11) is 0. The second-order valence-corrected chi connectivity index (χ2v) is 7.52. The Kier molecular flexibility index (Phi) is 5.84.